The third kappa shape index (κ3) is 3.78. The minimum Gasteiger partial charge on any atom is -0.490 e. The Labute approximate surface area is 165 Å². The van der Waals surface area contributed by atoms with Crippen molar-refractivity contribution in [2.24, 2.45) is 5.92 Å². The summed E-state index contributed by atoms with van der Waals surface area (Å²) in [7, 11) is 0. The Morgan fingerprint density at radius 2 is 2.04 bits per heavy atom. The van der Waals surface area contributed by atoms with Gasteiger partial charge in [0.15, 0.2) is 0 Å². The van der Waals surface area contributed by atoms with Crippen LogP contribution < -0.4 is 10.1 Å². The number of nitrogens with zero attached hydrogens (tertiary/aromatic N) is 1. The third-order valence-electron chi connectivity index (χ3n) is 5.99. The largest absolute Gasteiger partial charge is 0.490 e. The molecule has 0 bridgehead atoms. The van der Waals surface area contributed by atoms with Crippen molar-refractivity contribution in [3.63, 3.8) is 0 Å². The fraction of sp³-hybridized carbons (Fsp3) is 0.500. The summed E-state index contributed by atoms with van der Waals surface area (Å²) < 4.78 is 6.09. The van der Waals surface area contributed by atoms with Crippen LogP contribution in [0.15, 0.2) is 36.5 Å². The van der Waals surface area contributed by atoms with Crippen molar-refractivity contribution in [2.45, 2.75) is 63.7 Å². The standard InChI is InChI=1S/C22H27ClN2O2/c1-13-8-16(10-20(13)26)27-15-6-7-24-21(11-15)25-19-12-22(2,3)18-9-14(23)4-5-17(18)19/h4-7,9,11,13,16,19-20,26H,8,10,12H2,1-3H3,(H,24,25)/t13-,16+,19-,20-/m0/s1. The minimum absolute atomic E-state index is 0.0681. The molecule has 0 saturated heterocycles. The van der Waals surface area contributed by atoms with Crippen LogP contribution in [0.1, 0.15) is 57.2 Å². The molecular formula is C22H27ClN2O2. The first kappa shape index (κ1) is 18.6. The first-order chi connectivity index (χ1) is 12.8. The lowest BCUT2D eigenvalue weighted by atomic mass is 9.86. The molecule has 2 N–H and O–H groups in total. The van der Waals surface area contributed by atoms with Crippen molar-refractivity contribution in [1.29, 1.82) is 0 Å². The molecule has 1 fully saturated rings. The Morgan fingerprint density at radius 3 is 2.78 bits per heavy atom. The minimum atomic E-state index is -0.265. The number of ether oxygens (including phenoxy) is 1. The maximum atomic E-state index is 9.94. The van der Waals surface area contributed by atoms with Crippen LogP contribution in [0, 0.1) is 5.92 Å². The highest BCUT2D eigenvalue weighted by Crippen LogP contribution is 2.46. The number of pyridine rings is 1. The Morgan fingerprint density at radius 1 is 1.22 bits per heavy atom. The summed E-state index contributed by atoms with van der Waals surface area (Å²) in [6.07, 6.45) is 4.14. The lowest BCUT2D eigenvalue weighted by Crippen LogP contribution is -2.15. The van der Waals surface area contributed by atoms with Gasteiger partial charge >= 0.3 is 0 Å². The average molecular weight is 387 g/mol. The second kappa shape index (κ2) is 6.99. The second-order valence-electron chi connectivity index (χ2n) is 8.65. The smallest absolute Gasteiger partial charge is 0.130 e. The van der Waals surface area contributed by atoms with Gasteiger partial charge in [0.05, 0.1) is 12.1 Å². The molecule has 4 atom stereocenters. The molecule has 1 heterocycles. The van der Waals surface area contributed by atoms with Gasteiger partial charge in [0.25, 0.3) is 0 Å². The third-order valence-corrected chi connectivity index (χ3v) is 6.22. The van der Waals surface area contributed by atoms with Crippen LogP contribution in [0.4, 0.5) is 5.82 Å². The molecule has 5 heteroatoms. The van der Waals surface area contributed by atoms with Gasteiger partial charge in [-0.05, 0) is 53.5 Å². The van der Waals surface area contributed by atoms with E-state index in [1.807, 2.05) is 18.2 Å². The summed E-state index contributed by atoms with van der Waals surface area (Å²) >= 11 is 6.21. The van der Waals surface area contributed by atoms with E-state index in [0.29, 0.717) is 12.3 Å². The van der Waals surface area contributed by atoms with Gasteiger partial charge in [-0.25, -0.2) is 4.98 Å². The second-order valence-corrected chi connectivity index (χ2v) is 9.09. The van der Waals surface area contributed by atoms with Crippen LogP contribution >= 0.6 is 11.6 Å². The van der Waals surface area contributed by atoms with Crippen molar-refractivity contribution in [3.8, 4) is 5.75 Å². The zero-order valence-corrected chi connectivity index (χ0v) is 16.8. The fourth-order valence-corrected chi connectivity index (χ4v) is 4.65. The molecule has 1 aromatic carbocycles. The van der Waals surface area contributed by atoms with E-state index in [2.05, 4.69) is 43.2 Å². The SMILES string of the molecule is C[C@H]1C[C@@H](Oc2ccnc(N[C@H]3CC(C)(C)c4cc(Cl)ccc43)c2)C[C@@H]1O. The number of halogens is 1. The number of benzene rings is 1. The van der Waals surface area contributed by atoms with Crippen molar-refractivity contribution in [3.05, 3.63) is 52.7 Å². The van der Waals surface area contributed by atoms with E-state index in [0.717, 1.165) is 29.4 Å². The van der Waals surface area contributed by atoms with Crippen LogP contribution in [0.2, 0.25) is 5.02 Å². The Kier molecular flexibility index (Phi) is 4.81. The normalized spacial score (nSPS) is 28.8. The van der Waals surface area contributed by atoms with Gasteiger partial charge in [-0.3, -0.25) is 0 Å². The number of hydrogen-bond donors (Lipinski definition) is 2. The summed E-state index contributed by atoms with van der Waals surface area (Å²) in [6.45, 7) is 6.58. The Balaban J connectivity index is 1.50. The van der Waals surface area contributed by atoms with Crippen LogP contribution in [-0.4, -0.2) is 22.3 Å². The van der Waals surface area contributed by atoms with Crippen LogP contribution in [0.3, 0.4) is 0 Å². The number of nitrogens with one attached hydrogen (secondary N) is 1. The van der Waals surface area contributed by atoms with E-state index in [-0.39, 0.29) is 23.7 Å². The Bertz CT molecular complexity index is 829. The molecule has 2 aromatic rings. The molecule has 0 unspecified atom stereocenters. The molecule has 0 radical (unpaired) electrons. The lowest BCUT2D eigenvalue weighted by molar-refractivity contribution is 0.130. The summed E-state index contributed by atoms with van der Waals surface area (Å²) in [6, 6.07) is 10.2. The first-order valence-electron chi connectivity index (χ1n) is 9.69. The van der Waals surface area contributed by atoms with Gasteiger partial charge in [-0.1, -0.05) is 38.4 Å². The highest BCUT2D eigenvalue weighted by Gasteiger charge is 2.37. The Hall–Kier alpha value is -1.78. The van der Waals surface area contributed by atoms with Gasteiger partial charge in [-0.2, -0.15) is 0 Å². The van der Waals surface area contributed by atoms with E-state index < -0.39 is 0 Å². The number of rotatable bonds is 4. The highest BCUT2D eigenvalue weighted by molar-refractivity contribution is 6.30. The molecule has 144 valence electrons. The molecule has 2 aliphatic carbocycles. The number of fused-ring (bicyclic) bond motifs is 1. The van der Waals surface area contributed by atoms with Crippen LogP contribution in [0.5, 0.6) is 5.75 Å². The molecule has 1 saturated carbocycles. The zero-order valence-electron chi connectivity index (χ0n) is 16.1. The van der Waals surface area contributed by atoms with Gasteiger partial charge < -0.3 is 15.2 Å². The molecule has 4 nitrogen and oxygen atoms in total. The number of hydrogen-bond acceptors (Lipinski definition) is 4. The lowest BCUT2D eigenvalue weighted by Gasteiger charge is -2.20. The molecule has 4 rings (SSSR count). The number of anilines is 1. The summed E-state index contributed by atoms with van der Waals surface area (Å²) in [5.41, 5.74) is 2.65. The maximum Gasteiger partial charge on any atom is 0.130 e. The molecule has 0 amide bonds. The van der Waals surface area contributed by atoms with Crippen LogP contribution in [0.25, 0.3) is 0 Å². The predicted octanol–water partition coefficient (Wildman–Crippen LogP) is 5.11. The van der Waals surface area contributed by atoms with Gasteiger partial charge in [0.2, 0.25) is 0 Å². The van der Waals surface area contributed by atoms with Gasteiger partial charge in [-0.15, -0.1) is 0 Å². The quantitative estimate of drug-likeness (QED) is 0.766. The number of aromatic nitrogens is 1. The van der Waals surface area contributed by atoms with E-state index in [9.17, 15) is 5.11 Å². The fourth-order valence-electron chi connectivity index (χ4n) is 4.48. The van der Waals surface area contributed by atoms with Crippen LogP contribution in [-0.2, 0) is 5.41 Å². The van der Waals surface area contributed by atoms with Crippen molar-refractivity contribution in [1.82, 2.24) is 4.98 Å². The molecule has 0 aliphatic heterocycles. The van der Waals surface area contributed by atoms with Crippen molar-refractivity contribution in [2.75, 3.05) is 5.32 Å². The maximum absolute atomic E-state index is 9.94. The molecule has 1 aromatic heterocycles. The zero-order chi connectivity index (χ0) is 19.2. The molecule has 27 heavy (non-hydrogen) atoms. The van der Waals surface area contributed by atoms with E-state index >= 15 is 0 Å². The molecular weight excluding hydrogens is 360 g/mol. The summed E-state index contributed by atoms with van der Waals surface area (Å²) in [5, 5.41) is 14.3. The van der Waals surface area contributed by atoms with Gasteiger partial charge in [0.1, 0.15) is 17.7 Å². The van der Waals surface area contributed by atoms with Crippen molar-refractivity contribution >= 4 is 17.4 Å². The average Bonchev–Trinajstić information content (AvgIpc) is 3.04. The number of aliphatic hydroxyl groups is 1. The topological polar surface area (TPSA) is 54.4 Å². The van der Waals surface area contributed by atoms with E-state index in [1.165, 1.54) is 11.1 Å². The molecule has 0 spiro atoms. The predicted molar refractivity (Wildman–Crippen MR) is 109 cm³/mol. The van der Waals surface area contributed by atoms with Crippen molar-refractivity contribution < 1.29 is 9.84 Å². The first-order valence-corrected chi connectivity index (χ1v) is 10.1. The summed E-state index contributed by atoms with van der Waals surface area (Å²) in [5.74, 6) is 1.90. The highest BCUT2D eigenvalue weighted by atomic mass is 35.5. The molecule has 2 aliphatic rings. The van der Waals surface area contributed by atoms with E-state index in [1.54, 1.807) is 6.20 Å². The summed E-state index contributed by atoms with van der Waals surface area (Å²) in [4.78, 5) is 4.48. The number of aliphatic hydroxyl groups excluding tert-OH is 1. The van der Waals surface area contributed by atoms with Gasteiger partial charge in [0, 0.05) is 23.7 Å². The van der Waals surface area contributed by atoms with E-state index in [4.69, 9.17) is 16.3 Å². The monoisotopic (exact) mass is 386 g/mol.